The Morgan fingerprint density at radius 1 is 1.04 bits per heavy atom. The molecule has 0 aliphatic rings. The predicted molar refractivity (Wildman–Crippen MR) is 101 cm³/mol. The average molecular weight is 356 g/mol. The van der Waals surface area contributed by atoms with E-state index < -0.39 is 0 Å². The number of carbonyl (C=O) groups is 2. The highest BCUT2D eigenvalue weighted by molar-refractivity contribution is 6.09. The molecule has 0 radical (unpaired) electrons. The van der Waals surface area contributed by atoms with Crippen LogP contribution in [0.25, 0.3) is 0 Å². The van der Waals surface area contributed by atoms with Gasteiger partial charge in [-0.1, -0.05) is 12.1 Å². The first-order chi connectivity index (χ1) is 12.6. The van der Waals surface area contributed by atoms with Gasteiger partial charge in [-0.2, -0.15) is 0 Å². The molecule has 0 spiro atoms. The maximum Gasteiger partial charge on any atom is 0.255 e. The van der Waals surface area contributed by atoms with E-state index in [-0.39, 0.29) is 11.8 Å². The molecule has 0 saturated heterocycles. The van der Waals surface area contributed by atoms with Crippen LogP contribution in [0.1, 0.15) is 32.7 Å². The van der Waals surface area contributed by atoms with Gasteiger partial charge in [0.25, 0.3) is 11.8 Å². The molecule has 0 fully saturated rings. The summed E-state index contributed by atoms with van der Waals surface area (Å²) in [6, 6.07) is 12.1. The van der Waals surface area contributed by atoms with Gasteiger partial charge in [-0.05, 0) is 49.2 Å². The normalized spacial score (nSPS) is 10.3. The molecule has 2 aromatic carbocycles. The molecule has 0 aliphatic heterocycles. The van der Waals surface area contributed by atoms with E-state index in [2.05, 4.69) is 10.6 Å². The van der Waals surface area contributed by atoms with E-state index in [1.807, 2.05) is 6.92 Å². The Hall–Kier alpha value is -2.86. The molecule has 0 aliphatic carbocycles. The number of hydrogen-bond acceptors (Lipinski definition) is 4. The molecule has 0 bridgehead atoms. The summed E-state index contributed by atoms with van der Waals surface area (Å²) in [5, 5.41) is 5.63. The Balaban J connectivity index is 2.10. The number of aryl methyl sites for hydroxylation is 1. The number of para-hydroxylation sites is 1. The fraction of sp³-hybridized carbons (Fsp3) is 0.300. The van der Waals surface area contributed by atoms with Gasteiger partial charge >= 0.3 is 0 Å². The van der Waals surface area contributed by atoms with Crippen LogP contribution in [0.5, 0.6) is 5.75 Å². The third kappa shape index (κ3) is 5.07. The molecule has 6 heteroatoms. The van der Waals surface area contributed by atoms with Crippen molar-refractivity contribution in [1.29, 1.82) is 0 Å². The second-order valence-electron chi connectivity index (χ2n) is 5.79. The monoisotopic (exact) mass is 356 g/mol. The van der Waals surface area contributed by atoms with Crippen LogP contribution in [-0.4, -0.2) is 39.2 Å². The van der Waals surface area contributed by atoms with Crippen molar-refractivity contribution in [3.63, 3.8) is 0 Å². The Labute approximate surface area is 153 Å². The number of benzene rings is 2. The number of rotatable bonds is 8. The first-order valence-electron chi connectivity index (χ1n) is 8.39. The van der Waals surface area contributed by atoms with Crippen molar-refractivity contribution in [2.45, 2.75) is 13.3 Å². The lowest BCUT2D eigenvalue weighted by atomic mass is 10.1. The summed E-state index contributed by atoms with van der Waals surface area (Å²) >= 11 is 0. The van der Waals surface area contributed by atoms with E-state index in [0.717, 1.165) is 17.7 Å². The summed E-state index contributed by atoms with van der Waals surface area (Å²) in [6.07, 6.45) is 0.724. The second kappa shape index (κ2) is 9.58. The van der Waals surface area contributed by atoms with Crippen molar-refractivity contribution in [2.24, 2.45) is 0 Å². The van der Waals surface area contributed by atoms with Crippen LogP contribution in [0, 0.1) is 6.92 Å². The molecule has 0 atom stereocenters. The van der Waals surface area contributed by atoms with Crippen molar-refractivity contribution in [3.05, 3.63) is 59.2 Å². The summed E-state index contributed by atoms with van der Waals surface area (Å²) in [6.45, 7) is 2.96. The largest absolute Gasteiger partial charge is 0.496 e. The predicted octanol–water partition coefficient (Wildman–Crippen LogP) is 3.02. The smallest absolute Gasteiger partial charge is 0.255 e. The minimum atomic E-state index is -0.282. The SMILES string of the molecule is COCCCNC(=O)c1ccccc1NC(=O)c1ccc(OC)c(C)c1. The maximum atomic E-state index is 12.5. The van der Waals surface area contributed by atoms with Crippen LogP contribution in [0.15, 0.2) is 42.5 Å². The van der Waals surface area contributed by atoms with E-state index >= 15 is 0 Å². The Morgan fingerprint density at radius 3 is 2.50 bits per heavy atom. The van der Waals surface area contributed by atoms with Gasteiger partial charge in [0.15, 0.2) is 0 Å². The van der Waals surface area contributed by atoms with Gasteiger partial charge in [-0.15, -0.1) is 0 Å². The molecule has 0 aromatic heterocycles. The van der Waals surface area contributed by atoms with Crippen molar-refractivity contribution in [3.8, 4) is 5.75 Å². The molecular formula is C20H24N2O4. The number of carbonyl (C=O) groups excluding carboxylic acids is 2. The zero-order valence-corrected chi connectivity index (χ0v) is 15.3. The van der Waals surface area contributed by atoms with Crippen molar-refractivity contribution in [2.75, 3.05) is 32.7 Å². The minimum absolute atomic E-state index is 0.233. The van der Waals surface area contributed by atoms with Crippen LogP contribution in [0.4, 0.5) is 5.69 Å². The summed E-state index contributed by atoms with van der Waals surface area (Å²) in [5.41, 5.74) is 2.25. The lowest BCUT2D eigenvalue weighted by molar-refractivity contribution is 0.0949. The summed E-state index contributed by atoms with van der Waals surface area (Å²) in [4.78, 5) is 24.9. The molecule has 0 heterocycles. The van der Waals surface area contributed by atoms with Crippen LogP contribution in [-0.2, 0) is 4.74 Å². The Morgan fingerprint density at radius 2 is 1.81 bits per heavy atom. The molecular weight excluding hydrogens is 332 g/mol. The van der Waals surface area contributed by atoms with Gasteiger partial charge in [0.2, 0.25) is 0 Å². The van der Waals surface area contributed by atoms with Gasteiger partial charge in [0.1, 0.15) is 5.75 Å². The van der Waals surface area contributed by atoms with E-state index in [9.17, 15) is 9.59 Å². The minimum Gasteiger partial charge on any atom is -0.496 e. The van der Waals surface area contributed by atoms with Gasteiger partial charge in [0.05, 0.1) is 18.4 Å². The first kappa shape index (κ1) is 19.5. The highest BCUT2D eigenvalue weighted by Gasteiger charge is 2.14. The number of amides is 2. The highest BCUT2D eigenvalue weighted by Crippen LogP contribution is 2.20. The third-order valence-electron chi connectivity index (χ3n) is 3.89. The lowest BCUT2D eigenvalue weighted by Crippen LogP contribution is -2.26. The number of hydrogen-bond donors (Lipinski definition) is 2. The number of ether oxygens (including phenoxy) is 2. The van der Waals surface area contributed by atoms with Crippen molar-refractivity contribution in [1.82, 2.24) is 5.32 Å². The first-order valence-corrected chi connectivity index (χ1v) is 8.39. The van der Waals surface area contributed by atoms with Crippen LogP contribution in [0.3, 0.4) is 0 Å². The van der Waals surface area contributed by atoms with Crippen molar-refractivity contribution >= 4 is 17.5 Å². The molecule has 0 unspecified atom stereocenters. The van der Waals surface area contributed by atoms with Gasteiger partial charge in [0, 0.05) is 25.8 Å². The van der Waals surface area contributed by atoms with Gasteiger partial charge in [-0.3, -0.25) is 9.59 Å². The zero-order valence-electron chi connectivity index (χ0n) is 15.3. The quantitative estimate of drug-likeness (QED) is 0.713. The highest BCUT2D eigenvalue weighted by atomic mass is 16.5. The third-order valence-corrected chi connectivity index (χ3v) is 3.89. The maximum absolute atomic E-state index is 12.5. The molecule has 2 aromatic rings. The Kier molecular flexibility index (Phi) is 7.17. The van der Waals surface area contributed by atoms with Crippen molar-refractivity contribution < 1.29 is 19.1 Å². The fourth-order valence-corrected chi connectivity index (χ4v) is 2.52. The number of anilines is 1. The lowest BCUT2D eigenvalue weighted by Gasteiger charge is -2.12. The van der Waals surface area contributed by atoms with Gasteiger partial charge < -0.3 is 20.1 Å². The molecule has 6 nitrogen and oxygen atoms in total. The molecule has 138 valence electrons. The second-order valence-corrected chi connectivity index (χ2v) is 5.79. The van der Waals surface area contributed by atoms with E-state index in [4.69, 9.17) is 9.47 Å². The van der Waals surface area contributed by atoms with Crippen LogP contribution < -0.4 is 15.4 Å². The Bertz CT molecular complexity index is 774. The molecule has 26 heavy (non-hydrogen) atoms. The molecule has 0 saturated carbocycles. The van der Waals surface area contributed by atoms with Crippen LogP contribution in [0.2, 0.25) is 0 Å². The summed E-state index contributed by atoms with van der Waals surface area (Å²) in [7, 11) is 3.21. The van der Waals surface area contributed by atoms with Crippen LogP contribution >= 0.6 is 0 Å². The molecule has 2 rings (SSSR count). The fourth-order valence-electron chi connectivity index (χ4n) is 2.52. The van der Waals surface area contributed by atoms with E-state index in [1.165, 1.54) is 0 Å². The topological polar surface area (TPSA) is 76.7 Å². The zero-order chi connectivity index (χ0) is 18.9. The van der Waals surface area contributed by atoms with E-state index in [0.29, 0.717) is 30.0 Å². The number of methoxy groups -OCH3 is 2. The standard InChI is InChI=1S/C20H24N2O4/c1-14-13-15(9-10-18(14)26-3)19(23)22-17-8-5-4-7-16(17)20(24)21-11-6-12-25-2/h4-5,7-10,13H,6,11-12H2,1-3H3,(H,21,24)(H,22,23). The molecule has 2 N–H and O–H groups in total. The number of nitrogens with one attached hydrogen (secondary N) is 2. The summed E-state index contributed by atoms with van der Waals surface area (Å²) in [5.74, 6) is 0.204. The molecule has 2 amide bonds. The van der Waals surface area contributed by atoms with Gasteiger partial charge in [-0.25, -0.2) is 0 Å². The summed E-state index contributed by atoms with van der Waals surface area (Å²) < 4.78 is 10.2. The average Bonchev–Trinajstić information content (AvgIpc) is 2.65. The van der Waals surface area contributed by atoms with E-state index in [1.54, 1.807) is 56.7 Å².